The smallest absolute Gasteiger partial charge is 0.225 e. The predicted molar refractivity (Wildman–Crippen MR) is 77.0 cm³/mol. The molecule has 4 heteroatoms. The van der Waals surface area contributed by atoms with Crippen molar-refractivity contribution in [1.29, 1.82) is 0 Å². The van der Waals surface area contributed by atoms with Crippen LogP contribution in [0, 0.1) is 11.3 Å². The van der Waals surface area contributed by atoms with Gasteiger partial charge in [0, 0.05) is 31.0 Å². The average molecular weight is 263 g/mol. The molecular formula is C15H25N3O. The van der Waals surface area contributed by atoms with Crippen LogP contribution in [0.2, 0.25) is 0 Å². The number of aliphatic hydroxyl groups is 1. The fraction of sp³-hybridized carbons (Fsp3) is 0.733. The third kappa shape index (κ3) is 3.66. The summed E-state index contributed by atoms with van der Waals surface area (Å²) in [6, 6.07) is 0. The van der Waals surface area contributed by atoms with E-state index in [1.165, 1.54) is 19.3 Å². The van der Waals surface area contributed by atoms with Gasteiger partial charge >= 0.3 is 0 Å². The lowest BCUT2D eigenvalue weighted by molar-refractivity contribution is 0.220. The Morgan fingerprint density at radius 1 is 1.21 bits per heavy atom. The van der Waals surface area contributed by atoms with Gasteiger partial charge < -0.3 is 10.0 Å². The summed E-state index contributed by atoms with van der Waals surface area (Å²) in [7, 11) is 0. The number of aliphatic hydroxyl groups excluding tert-OH is 1. The summed E-state index contributed by atoms with van der Waals surface area (Å²) in [5.74, 6) is 1.57. The topological polar surface area (TPSA) is 49.2 Å². The molecule has 0 radical (unpaired) electrons. The molecule has 2 rings (SSSR count). The van der Waals surface area contributed by atoms with Gasteiger partial charge in [-0.05, 0) is 30.6 Å². The van der Waals surface area contributed by atoms with Gasteiger partial charge in [-0.1, -0.05) is 20.8 Å². The molecule has 0 amide bonds. The van der Waals surface area contributed by atoms with E-state index in [0.717, 1.165) is 30.5 Å². The van der Waals surface area contributed by atoms with Gasteiger partial charge in [-0.3, -0.25) is 0 Å². The Morgan fingerprint density at radius 3 is 2.47 bits per heavy atom. The summed E-state index contributed by atoms with van der Waals surface area (Å²) >= 11 is 0. The molecule has 2 heterocycles. The van der Waals surface area contributed by atoms with E-state index in [9.17, 15) is 0 Å². The average Bonchev–Trinajstić information content (AvgIpc) is 2.64. The maximum Gasteiger partial charge on any atom is 0.225 e. The maximum absolute atomic E-state index is 9.01. The molecule has 0 bridgehead atoms. The molecule has 1 unspecified atom stereocenters. The first-order valence-electron chi connectivity index (χ1n) is 7.17. The molecule has 1 aliphatic heterocycles. The summed E-state index contributed by atoms with van der Waals surface area (Å²) in [5, 5.41) is 9.01. The molecule has 1 aromatic heterocycles. The van der Waals surface area contributed by atoms with Crippen molar-refractivity contribution in [2.24, 2.45) is 11.3 Å². The quantitative estimate of drug-likeness (QED) is 0.891. The first-order valence-corrected chi connectivity index (χ1v) is 7.17. The predicted octanol–water partition coefficient (Wildman–Crippen LogP) is 2.62. The fourth-order valence-corrected chi connectivity index (χ4v) is 2.76. The lowest BCUT2D eigenvalue weighted by Crippen LogP contribution is -2.27. The molecule has 0 aliphatic carbocycles. The summed E-state index contributed by atoms with van der Waals surface area (Å²) in [6.07, 6.45) is 7.12. The first kappa shape index (κ1) is 14.3. The van der Waals surface area contributed by atoms with Crippen LogP contribution in [0.4, 0.5) is 5.95 Å². The van der Waals surface area contributed by atoms with Crippen molar-refractivity contribution < 1.29 is 5.11 Å². The van der Waals surface area contributed by atoms with E-state index in [1.54, 1.807) is 12.4 Å². The number of anilines is 1. The Bertz CT molecular complexity index is 397. The second-order valence-electron chi connectivity index (χ2n) is 6.53. The van der Waals surface area contributed by atoms with Crippen molar-refractivity contribution in [2.45, 2.75) is 46.6 Å². The van der Waals surface area contributed by atoms with Gasteiger partial charge in [-0.15, -0.1) is 0 Å². The number of nitrogens with zero attached hydrogens (tertiary/aromatic N) is 3. The molecule has 1 aliphatic rings. The number of aromatic nitrogens is 2. The van der Waals surface area contributed by atoms with Crippen LogP contribution in [0.1, 0.15) is 45.6 Å². The van der Waals surface area contributed by atoms with Crippen molar-refractivity contribution in [1.82, 2.24) is 9.97 Å². The minimum Gasteiger partial charge on any atom is -0.392 e. The lowest BCUT2D eigenvalue weighted by Gasteiger charge is -2.29. The molecule has 4 nitrogen and oxygen atoms in total. The molecular weight excluding hydrogens is 238 g/mol. The van der Waals surface area contributed by atoms with Crippen molar-refractivity contribution >= 4 is 5.95 Å². The van der Waals surface area contributed by atoms with Crippen molar-refractivity contribution in [3.63, 3.8) is 0 Å². The summed E-state index contributed by atoms with van der Waals surface area (Å²) in [4.78, 5) is 11.0. The molecule has 1 fully saturated rings. The Hall–Kier alpha value is -1.16. The molecule has 19 heavy (non-hydrogen) atoms. The lowest BCUT2D eigenvalue weighted by atomic mass is 9.77. The SMILES string of the molecule is CC(C)(C)C1CCCN(c2ncc(CO)cn2)CC1. The Morgan fingerprint density at radius 2 is 1.89 bits per heavy atom. The molecule has 1 N–H and O–H groups in total. The van der Waals surface area contributed by atoms with Gasteiger partial charge in [0.1, 0.15) is 0 Å². The zero-order valence-electron chi connectivity index (χ0n) is 12.3. The van der Waals surface area contributed by atoms with Crippen LogP contribution in [0.15, 0.2) is 12.4 Å². The highest BCUT2D eigenvalue weighted by atomic mass is 16.3. The maximum atomic E-state index is 9.01. The molecule has 0 saturated carbocycles. The molecule has 0 aromatic carbocycles. The van der Waals surface area contributed by atoms with Crippen LogP contribution in [-0.2, 0) is 6.61 Å². The van der Waals surface area contributed by atoms with Gasteiger partial charge in [0.05, 0.1) is 6.61 Å². The number of hydrogen-bond acceptors (Lipinski definition) is 4. The fourth-order valence-electron chi connectivity index (χ4n) is 2.76. The summed E-state index contributed by atoms with van der Waals surface area (Å²) in [5.41, 5.74) is 1.16. The summed E-state index contributed by atoms with van der Waals surface area (Å²) < 4.78 is 0. The van der Waals surface area contributed by atoms with Crippen LogP contribution in [0.5, 0.6) is 0 Å². The minimum atomic E-state index is 0.00633. The highest BCUT2D eigenvalue weighted by Crippen LogP contribution is 2.34. The van der Waals surface area contributed by atoms with E-state index in [-0.39, 0.29) is 6.61 Å². The van der Waals surface area contributed by atoms with Gasteiger partial charge in [-0.2, -0.15) is 0 Å². The van der Waals surface area contributed by atoms with E-state index in [2.05, 4.69) is 35.6 Å². The molecule has 0 spiro atoms. The van der Waals surface area contributed by atoms with E-state index < -0.39 is 0 Å². The Kier molecular flexibility index (Phi) is 4.40. The highest BCUT2D eigenvalue weighted by Gasteiger charge is 2.27. The molecule has 1 aromatic rings. The second kappa shape index (κ2) is 5.87. The van der Waals surface area contributed by atoms with Crippen LogP contribution in [0.3, 0.4) is 0 Å². The second-order valence-corrected chi connectivity index (χ2v) is 6.53. The van der Waals surface area contributed by atoms with E-state index in [0.29, 0.717) is 5.41 Å². The zero-order valence-corrected chi connectivity index (χ0v) is 12.3. The van der Waals surface area contributed by atoms with Gasteiger partial charge in [0.25, 0.3) is 0 Å². The normalized spacial score (nSPS) is 21.3. The van der Waals surface area contributed by atoms with Crippen LogP contribution in [0.25, 0.3) is 0 Å². The number of hydrogen-bond donors (Lipinski definition) is 1. The van der Waals surface area contributed by atoms with Crippen LogP contribution in [-0.4, -0.2) is 28.2 Å². The van der Waals surface area contributed by atoms with Gasteiger partial charge in [-0.25, -0.2) is 9.97 Å². The van der Waals surface area contributed by atoms with Crippen molar-refractivity contribution in [3.05, 3.63) is 18.0 Å². The zero-order chi connectivity index (χ0) is 13.9. The first-order chi connectivity index (χ1) is 9.00. The van der Waals surface area contributed by atoms with Gasteiger partial charge in [0.15, 0.2) is 0 Å². The molecule has 1 saturated heterocycles. The summed E-state index contributed by atoms with van der Waals surface area (Å²) in [6.45, 7) is 9.07. The van der Waals surface area contributed by atoms with Crippen molar-refractivity contribution in [2.75, 3.05) is 18.0 Å². The Balaban J connectivity index is 2.02. The highest BCUT2D eigenvalue weighted by molar-refractivity contribution is 5.29. The van der Waals surface area contributed by atoms with Crippen molar-refractivity contribution in [3.8, 4) is 0 Å². The van der Waals surface area contributed by atoms with Crippen LogP contribution < -0.4 is 4.90 Å². The Labute approximate surface area is 115 Å². The minimum absolute atomic E-state index is 0.00633. The third-order valence-corrected chi connectivity index (χ3v) is 4.11. The number of rotatable bonds is 2. The standard InChI is InChI=1S/C15H25N3O/c1-15(2,3)13-5-4-7-18(8-6-13)14-16-9-12(11-19)10-17-14/h9-10,13,19H,4-8,11H2,1-3H3. The third-order valence-electron chi connectivity index (χ3n) is 4.11. The molecule has 1 atom stereocenters. The largest absolute Gasteiger partial charge is 0.392 e. The van der Waals surface area contributed by atoms with E-state index in [4.69, 9.17) is 5.11 Å². The van der Waals surface area contributed by atoms with Crippen LogP contribution >= 0.6 is 0 Å². The molecule has 106 valence electrons. The van der Waals surface area contributed by atoms with E-state index in [1.807, 2.05) is 0 Å². The van der Waals surface area contributed by atoms with Gasteiger partial charge in [0.2, 0.25) is 5.95 Å². The monoisotopic (exact) mass is 263 g/mol. The van der Waals surface area contributed by atoms with E-state index >= 15 is 0 Å².